The van der Waals surface area contributed by atoms with E-state index in [-0.39, 0.29) is 18.3 Å². The van der Waals surface area contributed by atoms with Gasteiger partial charge in [-0.25, -0.2) is 0 Å². The van der Waals surface area contributed by atoms with Crippen molar-refractivity contribution in [2.75, 3.05) is 25.0 Å². The molecule has 1 aromatic carbocycles. The monoisotopic (exact) mass is 354 g/mol. The summed E-state index contributed by atoms with van der Waals surface area (Å²) in [5, 5.41) is 6.34. The highest BCUT2D eigenvalue weighted by Crippen LogP contribution is 2.20. The van der Waals surface area contributed by atoms with Gasteiger partial charge in [-0.2, -0.15) is 0 Å². The van der Waals surface area contributed by atoms with Gasteiger partial charge in [-0.1, -0.05) is 19.9 Å². The molecule has 1 aromatic rings. The molecule has 1 amide bonds. The van der Waals surface area contributed by atoms with Crippen LogP contribution in [-0.2, 0) is 4.79 Å². The largest absolute Gasteiger partial charge is 0.494 e. The number of anilines is 1. The Kier molecular flexibility index (Phi) is 9.80. The predicted molar refractivity (Wildman–Crippen MR) is 102 cm³/mol. The summed E-state index contributed by atoms with van der Waals surface area (Å²) in [6.07, 6.45) is 4.99. The number of piperidine rings is 1. The maximum Gasteiger partial charge on any atom is 0.224 e. The van der Waals surface area contributed by atoms with Crippen LogP contribution in [0.2, 0.25) is 0 Å². The van der Waals surface area contributed by atoms with E-state index in [0.29, 0.717) is 24.9 Å². The molecule has 0 saturated carbocycles. The fraction of sp³-hybridized carbons (Fsp3) is 0.632. The van der Waals surface area contributed by atoms with E-state index in [2.05, 4.69) is 24.5 Å². The molecule has 0 atom stereocenters. The van der Waals surface area contributed by atoms with Gasteiger partial charge < -0.3 is 15.4 Å². The maximum absolute atomic E-state index is 12.1. The van der Waals surface area contributed by atoms with Crippen molar-refractivity contribution in [2.24, 2.45) is 11.8 Å². The second-order valence-corrected chi connectivity index (χ2v) is 6.84. The van der Waals surface area contributed by atoms with Crippen molar-refractivity contribution in [1.82, 2.24) is 5.32 Å². The maximum atomic E-state index is 12.1. The number of ether oxygens (including phenoxy) is 1. The standard InChI is InChI=1S/C19H30N2O2.ClH/c1-15(2)10-13-23-18-5-3-4-17(14-18)21-19(22)7-6-16-8-11-20-12-9-16;/h3-5,14-16,20H,6-13H2,1-2H3,(H,21,22);1H. The van der Waals surface area contributed by atoms with Crippen molar-refractivity contribution < 1.29 is 9.53 Å². The Morgan fingerprint density at radius 3 is 2.79 bits per heavy atom. The summed E-state index contributed by atoms with van der Waals surface area (Å²) < 4.78 is 5.74. The van der Waals surface area contributed by atoms with Gasteiger partial charge in [-0.3, -0.25) is 4.79 Å². The highest BCUT2D eigenvalue weighted by molar-refractivity contribution is 5.90. The molecule has 1 aliphatic rings. The Hall–Kier alpha value is -1.26. The van der Waals surface area contributed by atoms with Crippen LogP contribution in [0.3, 0.4) is 0 Å². The highest BCUT2D eigenvalue weighted by atomic mass is 35.5. The van der Waals surface area contributed by atoms with E-state index in [1.165, 1.54) is 12.8 Å². The molecule has 4 nitrogen and oxygen atoms in total. The van der Waals surface area contributed by atoms with E-state index in [0.717, 1.165) is 37.4 Å². The fourth-order valence-electron chi connectivity index (χ4n) is 2.81. The normalized spacial score (nSPS) is 15.0. The highest BCUT2D eigenvalue weighted by Gasteiger charge is 2.14. The van der Waals surface area contributed by atoms with Crippen LogP contribution in [-0.4, -0.2) is 25.6 Å². The van der Waals surface area contributed by atoms with Crippen molar-refractivity contribution in [3.8, 4) is 5.75 Å². The summed E-state index contributed by atoms with van der Waals surface area (Å²) in [6.45, 7) is 7.25. The minimum Gasteiger partial charge on any atom is -0.494 e. The smallest absolute Gasteiger partial charge is 0.224 e. The van der Waals surface area contributed by atoms with Gasteiger partial charge in [-0.15, -0.1) is 12.4 Å². The van der Waals surface area contributed by atoms with E-state index >= 15 is 0 Å². The third-order valence-electron chi connectivity index (χ3n) is 4.32. The molecule has 1 aliphatic heterocycles. The summed E-state index contributed by atoms with van der Waals surface area (Å²) in [7, 11) is 0. The van der Waals surface area contributed by atoms with E-state index in [1.54, 1.807) is 0 Å². The molecule has 1 heterocycles. The third kappa shape index (κ3) is 8.02. The lowest BCUT2D eigenvalue weighted by atomic mass is 9.93. The number of carbonyl (C=O) groups is 1. The molecule has 0 aromatic heterocycles. The average Bonchev–Trinajstić information content (AvgIpc) is 2.54. The minimum absolute atomic E-state index is 0. The van der Waals surface area contributed by atoms with Crippen LogP contribution >= 0.6 is 12.4 Å². The lowest BCUT2D eigenvalue weighted by Crippen LogP contribution is -2.28. The first-order valence-electron chi connectivity index (χ1n) is 8.87. The van der Waals surface area contributed by atoms with Crippen LogP contribution in [0.4, 0.5) is 5.69 Å². The first-order valence-corrected chi connectivity index (χ1v) is 8.87. The molecular weight excluding hydrogens is 324 g/mol. The molecule has 1 fully saturated rings. The molecule has 0 unspecified atom stereocenters. The van der Waals surface area contributed by atoms with Gasteiger partial charge in [0.25, 0.3) is 0 Å². The lowest BCUT2D eigenvalue weighted by molar-refractivity contribution is -0.116. The number of hydrogen-bond acceptors (Lipinski definition) is 3. The van der Waals surface area contributed by atoms with Crippen molar-refractivity contribution in [2.45, 2.75) is 46.0 Å². The van der Waals surface area contributed by atoms with Crippen LogP contribution in [0.1, 0.15) is 46.0 Å². The summed E-state index contributed by atoms with van der Waals surface area (Å²) in [6, 6.07) is 7.68. The fourth-order valence-corrected chi connectivity index (χ4v) is 2.81. The number of amides is 1. The summed E-state index contributed by atoms with van der Waals surface area (Å²) in [4.78, 5) is 12.1. The Labute approximate surface area is 152 Å². The van der Waals surface area contributed by atoms with Crippen LogP contribution in [0.25, 0.3) is 0 Å². The van der Waals surface area contributed by atoms with E-state index in [9.17, 15) is 4.79 Å². The zero-order chi connectivity index (χ0) is 16.5. The number of halogens is 1. The zero-order valence-electron chi connectivity index (χ0n) is 14.8. The second kappa shape index (κ2) is 11.3. The van der Waals surface area contributed by atoms with Crippen LogP contribution in [0.5, 0.6) is 5.75 Å². The van der Waals surface area contributed by atoms with Gasteiger partial charge in [0.1, 0.15) is 5.75 Å². The Balaban J connectivity index is 0.00000288. The predicted octanol–water partition coefficient (Wildman–Crippen LogP) is 4.25. The Morgan fingerprint density at radius 1 is 1.33 bits per heavy atom. The number of carbonyl (C=O) groups excluding carboxylic acids is 1. The molecule has 5 heteroatoms. The molecule has 1 saturated heterocycles. The third-order valence-corrected chi connectivity index (χ3v) is 4.32. The van der Waals surface area contributed by atoms with E-state index in [4.69, 9.17) is 4.74 Å². The van der Waals surface area contributed by atoms with Crippen LogP contribution < -0.4 is 15.4 Å². The van der Waals surface area contributed by atoms with Crippen LogP contribution in [0.15, 0.2) is 24.3 Å². The topological polar surface area (TPSA) is 50.4 Å². The molecule has 2 rings (SSSR count). The first kappa shape index (κ1) is 20.8. The van der Waals surface area contributed by atoms with Gasteiger partial charge in [0, 0.05) is 18.2 Å². The average molecular weight is 355 g/mol. The molecule has 2 N–H and O–H groups in total. The lowest BCUT2D eigenvalue weighted by Gasteiger charge is -2.22. The molecule has 0 spiro atoms. The summed E-state index contributed by atoms with van der Waals surface area (Å²) in [5.74, 6) is 2.24. The molecule has 0 bridgehead atoms. The van der Waals surface area contributed by atoms with Gasteiger partial charge in [-0.05, 0) is 62.7 Å². The van der Waals surface area contributed by atoms with Crippen molar-refractivity contribution in [1.29, 1.82) is 0 Å². The minimum atomic E-state index is 0. The SMILES string of the molecule is CC(C)CCOc1cccc(NC(=O)CCC2CCNCC2)c1.Cl. The molecular formula is C19H31ClN2O2. The second-order valence-electron chi connectivity index (χ2n) is 6.84. The van der Waals surface area contributed by atoms with Crippen molar-refractivity contribution in [3.05, 3.63) is 24.3 Å². The van der Waals surface area contributed by atoms with Gasteiger partial charge in [0.15, 0.2) is 0 Å². The summed E-state index contributed by atoms with van der Waals surface area (Å²) in [5.41, 5.74) is 0.822. The summed E-state index contributed by atoms with van der Waals surface area (Å²) >= 11 is 0. The zero-order valence-corrected chi connectivity index (χ0v) is 15.7. The quantitative estimate of drug-likeness (QED) is 0.733. The molecule has 0 aliphatic carbocycles. The Bertz CT molecular complexity index is 488. The van der Waals surface area contributed by atoms with Gasteiger partial charge in [0.05, 0.1) is 6.61 Å². The molecule has 24 heavy (non-hydrogen) atoms. The van der Waals surface area contributed by atoms with Crippen LogP contribution in [0, 0.1) is 11.8 Å². The first-order chi connectivity index (χ1) is 11.1. The number of nitrogens with one attached hydrogen (secondary N) is 2. The number of benzene rings is 1. The van der Waals surface area contributed by atoms with E-state index in [1.807, 2.05) is 24.3 Å². The van der Waals surface area contributed by atoms with Gasteiger partial charge in [0.2, 0.25) is 5.91 Å². The number of hydrogen-bond donors (Lipinski definition) is 2. The van der Waals surface area contributed by atoms with E-state index < -0.39 is 0 Å². The number of rotatable bonds is 8. The molecule has 136 valence electrons. The van der Waals surface area contributed by atoms with Crippen molar-refractivity contribution in [3.63, 3.8) is 0 Å². The molecule has 0 radical (unpaired) electrons. The Morgan fingerprint density at radius 2 is 2.08 bits per heavy atom. The van der Waals surface area contributed by atoms with Gasteiger partial charge >= 0.3 is 0 Å². The van der Waals surface area contributed by atoms with Crippen molar-refractivity contribution >= 4 is 24.0 Å².